The topological polar surface area (TPSA) is 22.1 Å². The maximum Gasteiger partial charge on any atom is 0.217 e. The highest BCUT2D eigenvalue weighted by atomic mass is 19.1. The summed E-state index contributed by atoms with van der Waals surface area (Å²) < 4.78 is 17.2. The predicted octanol–water partition coefficient (Wildman–Crippen LogP) is 2.73. The third-order valence-electron chi connectivity index (χ3n) is 1.90. The fourth-order valence-corrected chi connectivity index (χ4v) is 1.21. The van der Waals surface area contributed by atoms with Crippen molar-refractivity contribution in [3.63, 3.8) is 0 Å². The van der Waals surface area contributed by atoms with Crippen molar-refractivity contribution in [3.8, 4) is 5.88 Å². The molecule has 0 amide bonds. The minimum atomic E-state index is -0.486. The molecule has 0 radical (unpaired) electrons. The van der Waals surface area contributed by atoms with Gasteiger partial charge in [0.25, 0.3) is 0 Å². The van der Waals surface area contributed by atoms with Crippen molar-refractivity contribution in [3.05, 3.63) is 23.9 Å². The summed E-state index contributed by atoms with van der Waals surface area (Å²) in [6.45, 7) is 5.81. The molecule has 2 nitrogen and oxygen atoms in total. The van der Waals surface area contributed by atoms with Gasteiger partial charge in [-0.1, -0.05) is 26.8 Å². The quantitative estimate of drug-likeness (QED) is 0.743. The van der Waals surface area contributed by atoms with Crippen LogP contribution in [0.1, 0.15) is 26.3 Å². The zero-order valence-corrected chi connectivity index (χ0v) is 8.88. The smallest absolute Gasteiger partial charge is 0.217 e. The van der Waals surface area contributed by atoms with Gasteiger partial charge in [0, 0.05) is 11.8 Å². The number of halogens is 1. The van der Waals surface area contributed by atoms with E-state index in [0.717, 1.165) is 5.56 Å². The van der Waals surface area contributed by atoms with E-state index < -0.39 is 6.67 Å². The molecule has 0 bridgehead atoms. The second-order valence-electron chi connectivity index (χ2n) is 4.14. The highest BCUT2D eigenvalue weighted by Gasteiger charge is 2.19. The lowest BCUT2D eigenvalue weighted by atomic mass is 9.88. The van der Waals surface area contributed by atoms with Gasteiger partial charge in [0.2, 0.25) is 5.88 Å². The maximum absolute atomic E-state index is 12.0. The number of hydrogen-bond donors (Lipinski definition) is 0. The molecule has 0 aliphatic carbocycles. The summed E-state index contributed by atoms with van der Waals surface area (Å²) in [5, 5.41) is 0. The molecule has 1 rings (SSSR count). The Hall–Kier alpha value is -1.12. The van der Waals surface area contributed by atoms with Gasteiger partial charge < -0.3 is 4.74 Å². The Labute approximate surface area is 84.1 Å². The molecule has 0 N–H and O–H groups in total. The van der Waals surface area contributed by atoms with Crippen LogP contribution in [-0.2, 0) is 5.41 Å². The fraction of sp³-hybridized carbons (Fsp3) is 0.545. The Bertz CT molecular complexity index is 294. The van der Waals surface area contributed by atoms with Crippen LogP contribution in [0.25, 0.3) is 0 Å². The molecular weight excluding hydrogens is 181 g/mol. The number of alkyl halides is 1. The van der Waals surface area contributed by atoms with E-state index >= 15 is 0 Å². The maximum atomic E-state index is 12.0. The molecule has 0 aliphatic heterocycles. The lowest BCUT2D eigenvalue weighted by Gasteiger charge is -2.21. The first kappa shape index (κ1) is 11.0. The first-order valence-corrected chi connectivity index (χ1v) is 4.70. The number of hydrogen-bond acceptors (Lipinski definition) is 2. The molecule has 0 unspecified atom stereocenters. The third-order valence-corrected chi connectivity index (χ3v) is 1.90. The van der Waals surface area contributed by atoms with Crippen LogP contribution in [0.5, 0.6) is 5.88 Å². The van der Waals surface area contributed by atoms with Crippen molar-refractivity contribution in [2.45, 2.75) is 26.2 Å². The Kier molecular flexibility index (Phi) is 3.44. The standard InChI is InChI=1S/C11H16FNO/c1-11(2,3)9-5-4-7-13-10(9)14-8-6-12/h4-5,7H,6,8H2,1-3H3. The van der Waals surface area contributed by atoms with Crippen LogP contribution in [0.15, 0.2) is 18.3 Å². The summed E-state index contributed by atoms with van der Waals surface area (Å²) in [5.41, 5.74) is 0.980. The first-order chi connectivity index (χ1) is 6.55. The summed E-state index contributed by atoms with van der Waals surface area (Å²) in [4.78, 5) is 4.09. The van der Waals surface area contributed by atoms with Gasteiger partial charge in [0.1, 0.15) is 13.3 Å². The van der Waals surface area contributed by atoms with E-state index in [1.165, 1.54) is 0 Å². The van der Waals surface area contributed by atoms with Crippen LogP contribution in [0, 0.1) is 0 Å². The van der Waals surface area contributed by atoms with E-state index in [1.807, 2.05) is 12.1 Å². The molecule has 0 fully saturated rings. The Morgan fingerprint density at radius 3 is 2.71 bits per heavy atom. The van der Waals surface area contributed by atoms with Crippen molar-refractivity contribution in [1.29, 1.82) is 0 Å². The number of nitrogens with zero attached hydrogens (tertiary/aromatic N) is 1. The molecule has 0 atom stereocenters. The van der Waals surface area contributed by atoms with Gasteiger partial charge in [-0.2, -0.15) is 0 Å². The van der Waals surface area contributed by atoms with Gasteiger partial charge in [-0.3, -0.25) is 0 Å². The van der Waals surface area contributed by atoms with Crippen LogP contribution < -0.4 is 4.74 Å². The molecule has 1 aromatic rings. The van der Waals surface area contributed by atoms with Gasteiger partial charge in [0.15, 0.2) is 0 Å². The lowest BCUT2D eigenvalue weighted by Crippen LogP contribution is -2.15. The van der Waals surface area contributed by atoms with Crippen LogP contribution in [0.4, 0.5) is 4.39 Å². The Morgan fingerprint density at radius 1 is 1.43 bits per heavy atom. The monoisotopic (exact) mass is 197 g/mol. The molecule has 0 saturated heterocycles. The van der Waals surface area contributed by atoms with Gasteiger partial charge in [-0.15, -0.1) is 0 Å². The zero-order chi connectivity index (χ0) is 10.6. The second-order valence-corrected chi connectivity index (χ2v) is 4.14. The highest BCUT2D eigenvalue weighted by molar-refractivity contribution is 5.31. The number of aromatic nitrogens is 1. The average Bonchev–Trinajstić information content (AvgIpc) is 2.14. The van der Waals surface area contributed by atoms with Crippen molar-refractivity contribution in [2.75, 3.05) is 13.3 Å². The summed E-state index contributed by atoms with van der Waals surface area (Å²) in [5.74, 6) is 0.539. The summed E-state index contributed by atoms with van der Waals surface area (Å²) in [6, 6.07) is 3.82. The average molecular weight is 197 g/mol. The van der Waals surface area contributed by atoms with Gasteiger partial charge >= 0.3 is 0 Å². The predicted molar refractivity (Wildman–Crippen MR) is 54.4 cm³/mol. The Morgan fingerprint density at radius 2 is 2.14 bits per heavy atom. The van der Waals surface area contributed by atoms with Crippen LogP contribution in [0.3, 0.4) is 0 Å². The summed E-state index contributed by atoms with van der Waals surface area (Å²) in [6.07, 6.45) is 1.66. The third kappa shape index (κ3) is 2.69. The van der Waals surface area contributed by atoms with Crippen LogP contribution >= 0.6 is 0 Å². The minimum absolute atomic E-state index is 0.0279. The van der Waals surface area contributed by atoms with E-state index in [2.05, 4.69) is 25.8 Å². The molecule has 1 heterocycles. The zero-order valence-electron chi connectivity index (χ0n) is 8.88. The van der Waals surface area contributed by atoms with Crippen molar-refractivity contribution >= 4 is 0 Å². The molecule has 78 valence electrons. The van der Waals surface area contributed by atoms with Gasteiger partial charge in [0.05, 0.1) is 0 Å². The van der Waals surface area contributed by atoms with Crippen LogP contribution in [-0.4, -0.2) is 18.3 Å². The number of rotatable bonds is 3. The molecule has 3 heteroatoms. The van der Waals surface area contributed by atoms with E-state index in [0.29, 0.717) is 5.88 Å². The normalized spacial score (nSPS) is 11.4. The SMILES string of the molecule is CC(C)(C)c1cccnc1OCCF. The van der Waals surface area contributed by atoms with E-state index in [-0.39, 0.29) is 12.0 Å². The molecular formula is C11H16FNO. The summed E-state index contributed by atoms with van der Waals surface area (Å²) in [7, 11) is 0. The highest BCUT2D eigenvalue weighted by Crippen LogP contribution is 2.28. The van der Waals surface area contributed by atoms with Crippen molar-refractivity contribution in [1.82, 2.24) is 4.98 Å². The Balaban J connectivity index is 2.92. The molecule has 0 aliphatic rings. The van der Waals surface area contributed by atoms with E-state index in [4.69, 9.17) is 4.74 Å². The van der Waals surface area contributed by atoms with Gasteiger partial charge in [-0.25, -0.2) is 9.37 Å². The van der Waals surface area contributed by atoms with Gasteiger partial charge in [-0.05, 0) is 11.5 Å². The number of pyridine rings is 1. The lowest BCUT2D eigenvalue weighted by molar-refractivity contribution is 0.258. The van der Waals surface area contributed by atoms with E-state index in [9.17, 15) is 4.39 Å². The van der Waals surface area contributed by atoms with E-state index in [1.54, 1.807) is 6.20 Å². The van der Waals surface area contributed by atoms with Crippen molar-refractivity contribution in [2.24, 2.45) is 0 Å². The molecule has 0 saturated carbocycles. The first-order valence-electron chi connectivity index (χ1n) is 4.70. The summed E-state index contributed by atoms with van der Waals surface area (Å²) >= 11 is 0. The molecule has 1 aromatic heterocycles. The fourth-order valence-electron chi connectivity index (χ4n) is 1.21. The molecule has 0 aromatic carbocycles. The van der Waals surface area contributed by atoms with Crippen LogP contribution in [0.2, 0.25) is 0 Å². The largest absolute Gasteiger partial charge is 0.475 e. The van der Waals surface area contributed by atoms with Crippen molar-refractivity contribution < 1.29 is 9.13 Å². The minimum Gasteiger partial charge on any atom is -0.475 e. The molecule has 14 heavy (non-hydrogen) atoms. The number of ether oxygens (including phenoxy) is 1. The molecule has 0 spiro atoms. The second kappa shape index (κ2) is 4.40.